The monoisotopic (exact) mass is 452 g/mol. The smallest absolute Gasteiger partial charge is 0.166 e. The predicted octanol–water partition coefficient (Wildman–Crippen LogP) is 4.97. The summed E-state index contributed by atoms with van der Waals surface area (Å²) in [6.07, 6.45) is 3.92. The highest BCUT2D eigenvalue weighted by Gasteiger charge is 2.54. The van der Waals surface area contributed by atoms with E-state index >= 15 is 0 Å². The molecule has 2 atom stereocenters. The molecule has 2 saturated heterocycles. The summed E-state index contributed by atoms with van der Waals surface area (Å²) in [6, 6.07) is 3.53. The third-order valence-corrected chi connectivity index (χ3v) is 7.54. The summed E-state index contributed by atoms with van der Waals surface area (Å²) >= 11 is 6.26. The van der Waals surface area contributed by atoms with Crippen molar-refractivity contribution >= 4 is 46.4 Å². The van der Waals surface area contributed by atoms with Gasteiger partial charge in [0.1, 0.15) is 11.3 Å². The first-order chi connectivity index (χ1) is 14.0. The number of aryl methyl sites for hydroxylation is 1. The molecule has 3 aliphatic rings. The van der Waals surface area contributed by atoms with E-state index in [4.69, 9.17) is 26.5 Å². The van der Waals surface area contributed by atoms with Gasteiger partial charge in [-0.25, -0.2) is 0 Å². The molecule has 1 aromatic carbocycles. The molecule has 0 bridgehead atoms. The van der Waals surface area contributed by atoms with Gasteiger partial charge >= 0.3 is 0 Å². The van der Waals surface area contributed by atoms with E-state index in [1.54, 1.807) is 6.07 Å². The molecular weight excluding hydrogens is 423 g/mol. The van der Waals surface area contributed by atoms with Gasteiger partial charge in [-0.1, -0.05) is 11.6 Å². The summed E-state index contributed by atoms with van der Waals surface area (Å²) in [5.74, 6) is 3.91. The van der Waals surface area contributed by atoms with Crippen molar-refractivity contribution in [2.24, 2.45) is 23.7 Å². The maximum atomic E-state index is 12.9. The number of nitrogens with zero attached hydrogens (tertiary/aromatic N) is 1. The van der Waals surface area contributed by atoms with E-state index in [0.29, 0.717) is 34.2 Å². The normalized spacial score (nSPS) is 26.5. The SMILES string of the molecule is Cc1cc2c(N)c(Cl)cc(C(=O)CCC3C4CN(CC5CCOCC5)CC34)c2o1.Cl. The van der Waals surface area contributed by atoms with Crippen LogP contribution in [0.25, 0.3) is 11.0 Å². The van der Waals surface area contributed by atoms with Crippen LogP contribution in [-0.2, 0) is 4.74 Å². The van der Waals surface area contributed by atoms with Crippen molar-refractivity contribution in [2.45, 2.75) is 32.6 Å². The van der Waals surface area contributed by atoms with Crippen LogP contribution in [0.4, 0.5) is 5.69 Å². The molecule has 0 amide bonds. The molecule has 164 valence electrons. The molecule has 5 nitrogen and oxygen atoms in total. The van der Waals surface area contributed by atoms with Gasteiger partial charge in [0.2, 0.25) is 0 Å². The molecule has 30 heavy (non-hydrogen) atoms. The highest BCUT2D eigenvalue weighted by Crippen LogP contribution is 2.54. The van der Waals surface area contributed by atoms with Crippen LogP contribution < -0.4 is 5.73 Å². The number of halogens is 2. The number of hydrogen-bond acceptors (Lipinski definition) is 5. The van der Waals surface area contributed by atoms with E-state index < -0.39 is 0 Å². The second kappa shape index (κ2) is 8.70. The van der Waals surface area contributed by atoms with E-state index in [1.165, 1.54) is 32.5 Å². The average Bonchev–Trinajstić information content (AvgIpc) is 3.03. The molecule has 5 rings (SSSR count). The largest absolute Gasteiger partial charge is 0.461 e. The van der Waals surface area contributed by atoms with Gasteiger partial charge in [0.05, 0.1) is 16.3 Å². The standard InChI is InChI=1S/C23H29ClN2O3.ClH/c1-13-8-17-22(25)20(24)9-16(23(17)29-13)21(27)3-2-15-18-11-26(12-19(15)18)10-14-4-6-28-7-5-14;/h8-9,14-15,18-19H,2-7,10-12,25H2,1H3;1H. The number of nitrogens with two attached hydrogens (primary N) is 1. The highest BCUT2D eigenvalue weighted by molar-refractivity contribution is 6.35. The number of benzene rings is 1. The molecule has 1 aliphatic carbocycles. The number of piperidine rings is 1. The zero-order valence-corrected chi connectivity index (χ0v) is 18.9. The minimum absolute atomic E-state index is 0. The molecule has 0 spiro atoms. The van der Waals surface area contributed by atoms with Crippen LogP contribution in [0.5, 0.6) is 0 Å². The Labute approximate surface area is 188 Å². The summed E-state index contributed by atoms with van der Waals surface area (Å²) in [7, 11) is 0. The Morgan fingerprint density at radius 3 is 2.63 bits per heavy atom. The molecular formula is C23H30Cl2N2O3. The molecule has 1 saturated carbocycles. The van der Waals surface area contributed by atoms with Crippen LogP contribution in [0.15, 0.2) is 16.5 Å². The van der Waals surface area contributed by atoms with Gasteiger partial charge in [-0.2, -0.15) is 0 Å². The Morgan fingerprint density at radius 2 is 1.93 bits per heavy atom. The number of ketones is 1. The number of rotatable bonds is 6. The van der Waals surface area contributed by atoms with Crippen molar-refractivity contribution in [1.82, 2.24) is 4.90 Å². The van der Waals surface area contributed by atoms with E-state index in [0.717, 1.165) is 48.5 Å². The quantitative estimate of drug-likeness (QED) is 0.494. The Hall–Kier alpha value is -1.27. The van der Waals surface area contributed by atoms with Gasteiger partial charge in [-0.15, -0.1) is 12.4 Å². The third kappa shape index (κ3) is 4.10. The van der Waals surface area contributed by atoms with E-state index in [9.17, 15) is 4.79 Å². The van der Waals surface area contributed by atoms with Crippen molar-refractivity contribution in [3.8, 4) is 0 Å². The maximum Gasteiger partial charge on any atom is 0.166 e. The molecule has 0 radical (unpaired) electrons. The number of Topliss-reactive ketones (excluding diaryl/α,β-unsaturated/α-hetero) is 1. The lowest BCUT2D eigenvalue weighted by Gasteiger charge is -2.28. The highest BCUT2D eigenvalue weighted by atomic mass is 35.5. The summed E-state index contributed by atoms with van der Waals surface area (Å²) in [5.41, 5.74) is 7.69. The number of carbonyl (C=O) groups excluding carboxylic acids is 1. The third-order valence-electron chi connectivity index (χ3n) is 7.23. The van der Waals surface area contributed by atoms with E-state index in [-0.39, 0.29) is 18.2 Å². The Bertz CT molecular complexity index is 926. The van der Waals surface area contributed by atoms with Gasteiger partial charge in [-0.05, 0) is 62.0 Å². The van der Waals surface area contributed by atoms with Gasteiger partial charge in [0.15, 0.2) is 5.78 Å². The first kappa shape index (κ1) is 21.9. The lowest BCUT2D eigenvalue weighted by molar-refractivity contribution is 0.0535. The summed E-state index contributed by atoms with van der Waals surface area (Å²) in [4.78, 5) is 15.6. The first-order valence-electron chi connectivity index (χ1n) is 10.8. The number of hydrogen-bond donors (Lipinski definition) is 1. The van der Waals surface area contributed by atoms with Crippen LogP contribution in [0.2, 0.25) is 5.02 Å². The number of furan rings is 1. The topological polar surface area (TPSA) is 68.7 Å². The van der Waals surface area contributed by atoms with Crippen molar-refractivity contribution in [1.29, 1.82) is 0 Å². The molecule has 2 aromatic rings. The Kier molecular flexibility index (Phi) is 6.36. The zero-order chi connectivity index (χ0) is 20.1. The minimum Gasteiger partial charge on any atom is -0.461 e. The van der Waals surface area contributed by atoms with Crippen LogP contribution >= 0.6 is 24.0 Å². The molecule has 7 heteroatoms. The number of carbonyl (C=O) groups is 1. The van der Waals surface area contributed by atoms with Crippen molar-refractivity contribution in [3.05, 3.63) is 28.5 Å². The van der Waals surface area contributed by atoms with E-state index in [2.05, 4.69) is 4.90 Å². The summed E-state index contributed by atoms with van der Waals surface area (Å²) in [6.45, 7) is 7.34. The maximum absolute atomic E-state index is 12.9. The zero-order valence-electron chi connectivity index (χ0n) is 17.4. The second-order valence-corrected chi connectivity index (χ2v) is 9.55. The van der Waals surface area contributed by atoms with Crippen LogP contribution in [0.3, 0.4) is 0 Å². The van der Waals surface area contributed by atoms with Crippen molar-refractivity contribution in [3.63, 3.8) is 0 Å². The van der Waals surface area contributed by atoms with Gasteiger partial charge < -0.3 is 19.8 Å². The fourth-order valence-electron chi connectivity index (χ4n) is 5.56. The molecule has 2 unspecified atom stereocenters. The van der Waals surface area contributed by atoms with Crippen LogP contribution in [0, 0.1) is 30.6 Å². The average molecular weight is 453 g/mol. The van der Waals surface area contributed by atoms with Crippen LogP contribution in [-0.4, -0.2) is 43.5 Å². The molecule has 3 fully saturated rings. The lowest BCUT2D eigenvalue weighted by Crippen LogP contribution is -2.33. The Balaban J connectivity index is 0.00000218. The fourth-order valence-corrected chi connectivity index (χ4v) is 5.77. The number of nitrogen functional groups attached to an aromatic ring is 1. The van der Waals surface area contributed by atoms with Gasteiger partial charge in [0, 0.05) is 44.7 Å². The van der Waals surface area contributed by atoms with E-state index in [1.807, 2.05) is 13.0 Å². The number of likely N-dealkylation sites (tertiary alicyclic amines) is 1. The van der Waals surface area contributed by atoms with Crippen molar-refractivity contribution < 1.29 is 13.9 Å². The number of fused-ring (bicyclic) bond motifs is 2. The molecule has 1 aromatic heterocycles. The lowest BCUT2D eigenvalue weighted by atomic mass is 9.99. The molecule has 3 heterocycles. The predicted molar refractivity (Wildman–Crippen MR) is 122 cm³/mol. The van der Waals surface area contributed by atoms with Gasteiger partial charge in [-0.3, -0.25) is 4.79 Å². The number of anilines is 1. The molecule has 2 N–H and O–H groups in total. The number of ether oxygens (including phenoxy) is 1. The summed E-state index contributed by atoms with van der Waals surface area (Å²) in [5, 5.41) is 1.17. The summed E-state index contributed by atoms with van der Waals surface area (Å²) < 4.78 is 11.2. The fraction of sp³-hybridized carbons (Fsp3) is 0.609. The van der Waals surface area contributed by atoms with Gasteiger partial charge in [0.25, 0.3) is 0 Å². The first-order valence-corrected chi connectivity index (χ1v) is 11.2. The second-order valence-electron chi connectivity index (χ2n) is 9.15. The van der Waals surface area contributed by atoms with Crippen LogP contribution in [0.1, 0.15) is 41.8 Å². The molecule has 2 aliphatic heterocycles. The van der Waals surface area contributed by atoms with Crippen molar-refractivity contribution in [2.75, 3.05) is 38.6 Å². The Morgan fingerprint density at radius 1 is 1.23 bits per heavy atom. The minimum atomic E-state index is 0.